The number of nitrogens with two attached hydrogens (primary N) is 2. The zero-order valence-corrected chi connectivity index (χ0v) is 34.6. The van der Waals surface area contributed by atoms with Gasteiger partial charge in [-0.15, -0.1) is 22.7 Å². The van der Waals surface area contributed by atoms with Gasteiger partial charge in [0.1, 0.15) is 11.7 Å². The maximum absolute atomic E-state index is 12.0. The molecule has 2 aromatic heterocycles. The van der Waals surface area contributed by atoms with Gasteiger partial charge < -0.3 is 22.1 Å². The van der Waals surface area contributed by atoms with Crippen LogP contribution in [0.1, 0.15) is 65.8 Å². The first-order valence-corrected chi connectivity index (χ1v) is 24.5. The Morgan fingerprint density at radius 1 is 0.660 bits per heavy atom. The second-order valence-electron chi connectivity index (χ2n) is 12.6. The molecule has 0 saturated carbocycles. The van der Waals surface area contributed by atoms with Crippen LogP contribution in [0.4, 0.5) is 11.4 Å². The predicted molar refractivity (Wildman–Crippen MR) is 236 cm³/mol. The Bertz CT molecular complexity index is 1720. The van der Waals surface area contributed by atoms with Crippen LogP contribution in [0.2, 0.25) is 0 Å². The summed E-state index contributed by atoms with van der Waals surface area (Å²) >= 11 is 3.16. The molecule has 0 spiro atoms. The first-order chi connectivity index (χ1) is 25.9. The molecule has 0 bridgehead atoms. The molecule has 4 heterocycles. The third-order valence-electron chi connectivity index (χ3n) is 8.44. The molecular weight excluding hydrogens is 777 g/mol. The van der Waals surface area contributed by atoms with Crippen LogP contribution in [0.3, 0.4) is 0 Å². The molecule has 2 amide bonds. The lowest BCUT2D eigenvalue weighted by atomic mass is 10.1. The fourth-order valence-electron chi connectivity index (χ4n) is 5.50. The monoisotopic (exact) mass is 824 g/mol. The van der Waals surface area contributed by atoms with Crippen molar-refractivity contribution < 1.29 is 9.59 Å². The number of amidine groups is 2. The number of rotatable bonds is 17. The third kappa shape index (κ3) is 15.4. The van der Waals surface area contributed by atoms with E-state index >= 15 is 0 Å². The molecule has 4 aromatic rings. The first-order valence-electron chi connectivity index (χ1n) is 17.9. The number of hydrogen-bond acceptors (Lipinski definition) is 10. The van der Waals surface area contributed by atoms with E-state index in [0.717, 1.165) is 64.2 Å². The lowest BCUT2D eigenvalue weighted by Crippen LogP contribution is -2.27. The van der Waals surface area contributed by atoms with Gasteiger partial charge in [0.25, 0.3) is 0 Å². The summed E-state index contributed by atoms with van der Waals surface area (Å²) in [6.45, 7) is 1.34. The van der Waals surface area contributed by atoms with Crippen LogP contribution in [0.15, 0.2) is 93.5 Å². The molecule has 2 aliphatic rings. The van der Waals surface area contributed by atoms with E-state index in [1.165, 1.54) is 29.7 Å². The quantitative estimate of drug-likeness (QED) is 0.0359. The number of nitrogens with zero attached hydrogens (tertiary/aromatic N) is 2. The van der Waals surface area contributed by atoms with Crippen molar-refractivity contribution in [1.29, 1.82) is 0 Å². The summed E-state index contributed by atoms with van der Waals surface area (Å²) in [5.41, 5.74) is 16.1. The fraction of sp³-hybridized carbons (Fsp3) is 0.385. The predicted octanol–water partition coefficient (Wildman–Crippen LogP) is 9.15. The number of hydrogen-bond donors (Lipinski definition) is 4. The van der Waals surface area contributed by atoms with Crippen molar-refractivity contribution in [3.05, 3.63) is 104 Å². The van der Waals surface area contributed by atoms with Crippen molar-refractivity contribution in [2.75, 3.05) is 24.6 Å². The second-order valence-corrected chi connectivity index (χ2v) is 20.1. The van der Waals surface area contributed by atoms with Crippen LogP contribution in [-0.2, 0) is 22.4 Å². The van der Waals surface area contributed by atoms with Gasteiger partial charge in [0.15, 0.2) is 0 Å². The van der Waals surface area contributed by atoms with E-state index in [0.29, 0.717) is 42.9 Å². The minimum Gasteiger partial charge on any atom is -0.383 e. The van der Waals surface area contributed by atoms with Crippen LogP contribution in [0, 0.1) is 0 Å². The normalized spacial score (nSPS) is 17.3. The first kappa shape index (κ1) is 41.3. The number of aliphatic imine (C=N–C) groups is 2. The molecule has 2 unspecified atom stereocenters. The van der Waals surface area contributed by atoms with Gasteiger partial charge in [-0.05, 0) is 96.8 Å². The summed E-state index contributed by atoms with van der Waals surface area (Å²) in [4.78, 5) is 34.7. The topological polar surface area (TPSA) is 135 Å². The third-order valence-corrected chi connectivity index (χ3v) is 16.2. The van der Waals surface area contributed by atoms with Crippen LogP contribution in [0.5, 0.6) is 0 Å². The average molecular weight is 825 g/mol. The van der Waals surface area contributed by atoms with Crippen LogP contribution in [-0.4, -0.2) is 58.6 Å². The number of thiophene rings is 2. The van der Waals surface area contributed by atoms with Gasteiger partial charge in [0.05, 0.1) is 21.1 Å². The highest BCUT2D eigenvalue weighted by Gasteiger charge is 2.19. The molecule has 2 aliphatic heterocycles. The Hall–Kier alpha value is -2.88. The Morgan fingerprint density at radius 3 is 1.64 bits per heavy atom. The van der Waals surface area contributed by atoms with E-state index in [1.807, 2.05) is 127 Å². The van der Waals surface area contributed by atoms with Gasteiger partial charge in [0, 0.05) is 47.9 Å². The number of amides is 2. The molecule has 0 aliphatic carbocycles. The lowest BCUT2D eigenvalue weighted by molar-refractivity contribution is -0.121. The van der Waals surface area contributed by atoms with E-state index in [-0.39, 0.29) is 11.8 Å². The Morgan fingerprint density at radius 2 is 1.17 bits per heavy atom. The van der Waals surface area contributed by atoms with Crippen molar-refractivity contribution in [2.24, 2.45) is 21.5 Å². The molecule has 2 fully saturated rings. The summed E-state index contributed by atoms with van der Waals surface area (Å²) in [5.74, 6) is 3.85. The Balaban J connectivity index is 0.000000206. The molecule has 6 N–H and O–H groups in total. The maximum atomic E-state index is 12.0. The number of carbonyl (C=O) groups excluding carboxylic acids is 2. The summed E-state index contributed by atoms with van der Waals surface area (Å²) in [7, 11) is 7.71. The van der Waals surface area contributed by atoms with Gasteiger partial charge in [-0.2, -0.15) is 0 Å². The zero-order chi connectivity index (χ0) is 37.1. The standard InChI is InChI=1S/C21H27N3OS3.C18H21N3OS3/c22-21(19-5-3-14-26-19)24-17-9-7-16(8-10-17)11-13-23-20(25)6-2-1-4-18-12-15-27-28-18;19-18(16-2-1-10-23-16)21-14-5-3-13(4-6-14)7-9-20-17(22)12-15-8-11-24-25-15/h3,5,7-10,14,18H,1-2,4,6,11-13,15H2,(H2,22,24)(H,23,25);1-6,10,15H,7-9,11-12H2,(H2,19,21)(H,20,22). The number of benzene rings is 2. The second kappa shape index (κ2) is 23.1. The average Bonchev–Trinajstić information content (AvgIpc) is 4.01. The van der Waals surface area contributed by atoms with Gasteiger partial charge in [-0.1, -0.05) is 86.0 Å². The van der Waals surface area contributed by atoms with E-state index in [9.17, 15) is 9.59 Å². The summed E-state index contributed by atoms with van der Waals surface area (Å²) in [6.07, 6.45) is 8.78. The highest BCUT2D eigenvalue weighted by atomic mass is 33.1. The molecule has 2 saturated heterocycles. The van der Waals surface area contributed by atoms with Crippen molar-refractivity contribution in [3.63, 3.8) is 0 Å². The summed E-state index contributed by atoms with van der Waals surface area (Å²) in [5, 5.41) is 11.3. The van der Waals surface area contributed by atoms with Crippen LogP contribution < -0.4 is 22.1 Å². The molecule has 0 radical (unpaired) electrons. The molecule has 2 aromatic carbocycles. The molecule has 8 nitrogen and oxygen atoms in total. The fourth-order valence-corrected chi connectivity index (χ4v) is 12.7. The highest BCUT2D eigenvalue weighted by molar-refractivity contribution is 8.77. The molecule has 282 valence electrons. The lowest BCUT2D eigenvalue weighted by Gasteiger charge is -2.08. The van der Waals surface area contributed by atoms with E-state index in [2.05, 4.69) is 20.6 Å². The van der Waals surface area contributed by atoms with Gasteiger partial charge in [-0.25, -0.2) is 9.98 Å². The van der Waals surface area contributed by atoms with E-state index in [1.54, 1.807) is 22.7 Å². The SMILES string of the molecule is NC(=Nc1ccc(CCNC(=O)CC2CCSS2)cc1)c1cccs1.NC(=Nc1ccc(CCNC(=O)CCCCC2CCSS2)cc1)c1cccs1. The molecular formula is C39H48N6O2S6. The summed E-state index contributed by atoms with van der Waals surface area (Å²) in [6, 6.07) is 23.9. The van der Waals surface area contributed by atoms with Crippen molar-refractivity contribution in [1.82, 2.24) is 10.6 Å². The van der Waals surface area contributed by atoms with Crippen molar-refractivity contribution in [3.8, 4) is 0 Å². The van der Waals surface area contributed by atoms with Gasteiger partial charge in [0.2, 0.25) is 11.8 Å². The Kier molecular flexibility index (Phi) is 18.0. The number of nitrogens with one attached hydrogen (secondary N) is 2. The highest BCUT2D eigenvalue weighted by Crippen LogP contribution is 2.40. The van der Waals surface area contributed by atoms with Gasteiger partial charge >= 0.3 is 0 Å². The summed E-state index contributed by atoms with van der Waals surface area (Å²) < 4.78 is 0. The largest absolute Gasteiger partial charge is 0.383 e. The number of unbranched alkanes of at least 4 members (excludes halogenated alkanes) is 1. The Labute approximate surface area is 337 Å². The van der Waals surface area contributed by atoms with Crippen LogP contribution in [0.25, 0.3) is 0 Å². The van der Waals surface area contributed by atoms with Crippen molar-refractivity contribution >= 4 is 101 Å². The maximum Gasteiger partial charge on any atom is 0.221 e. The molecule has 53 heavy (non-hydrogen) atoms. The zero-order valence-electron chi connectivity index (χ0n) is 29.7. The van der Waals surface area contributed by atoms with Crippen molar-refractivity contribution in [2.45, 2.75) is 68.3 Å². The van der Waals surface area contributed by atoms with E-state index in [4.69, 9.17) is 11.5 Å². The van der Waals surface area contributed by atoms with E-state index < -0.39 is 0 Å². The molecule has 6 rings (SSSR count). The molecule has 2 atom stereocenters. The minimum absolute atomic E-state index is 0.157. The van der Waals surface area contributed by atoms with Gasteiger partial charge in [-0.3, -0.25) is 9.59 Å². The van der Waals surface area contributed by atoms with Crippen LogP contribution >= 0.6 is 65.8 Å². The molecule has 14 heteroatoms. The smallest absolute Gasteiger partial charge is 0.221 e. The minimum atomic E-state index is 0.157. The number of carbonyl (C=O) groups is 2.